The second kappa shape index (κ2) is 6.16. The molecule has 0 spiro atoms. The molecular formula is C16H16FN3. The van der Waals surface area contributed by atoms with Crippen molar-refractivity contribution < 1.29 is 4.39 Å². The van der Waals surface area contributed by atoms with Crippen LogP contribution in [-0.2, 0) is 0 Å². The highest BCUT2D eigenvalue weighted by Crippen LogP contribution is 2.24. The lowest BCUT2D eigenvalue weighted by Crippen LogP contribution is -2.12. The minimum Gasteiger partial charge on any atom is -0.376 e. The molecule has 0 amide bonds. The number of hydrogen-bond acceptors (Lipinski definition) is 3. The first kappa shape index (κ1) is 14.0. The van der Waals surface area contributed by atoms with Crippen molar-refractivity contribution >= 4 is 5.69 Å². The van der Waals surface area contributed by atoms with E-state index in [0.717, 1.165) is 23.4 Å². The van der Waals surface area contributed by atoms with E-state index in [9.17, 15) is 4.39 Å². The van der Waals surface area contributed by atoms with Crippen molar-refractivity contribution in [1.82, 2.24) is 4.98 Å². The average Bonchev–Trinajstić information content (AvgIpc) is 2.47. The first-order valence-corrected chi connectivity index (χ1v) is 6.52. The van der Waals surface area contributed by atoms with Crippen molar-refractivity contribution in [2.45, 2.75) is 26.3 Å². The van der Waals surface area contributed by atoms with Crippen LogP contribution < -0.4 is 5.32 Å². The first-order valence-electron chi connectivity index (χ1n) is 6.52. The molecular weight excluding hydrogens is 253 g/mol. The Morgan fingerprint density at radius 3 is 2.75 bits per heavy atom. The number of rotatable bonds is 4. The van der Waals surface area contributed by atoms with Gasteiger partial charge in [-0.05, 0) is 43.2 Å². The molecule has 1 atom stereocenters. The summed E-state index contributed by atoms with van der Waals surface area (Å²) in [6.07, 6.45) is 2.03. The van der Waals surface area contributed by atoms with Gasteiger partial charge in [0.2, 0.25) is 0 Å². The van der Waals surface area contributed by atoms with E-state index in [1.165, 1.54) is 12.3 Å². The van der Waals surface area contributed by atoms with Crippen molar-refractivity contribution in [3.63, 3.8) is 0 Å². The van der Waals surface area contributed by atoms with Gasteiger partial charge in [0.05, 0.1) is 29.6 Å². The summed E-state index contributed by atoms with van der Waals surface area (Å²) in [6.45, 7) is 4.01. The van der Waals surface area contributed by atoms with Gasteiger partial charge < -0.3 is 5.32 Å². The molecule has 0 aliphatic rings. The summed E-state index contributed by atoms with van der Waals surface area (Å²) in [5, 5.41) is 12.3. The first-order chi connectivity index (χ1) is 9.63. The zero-order chi connectivity index (χ0) is 14.5. The maximum absolute atomic E-state index is 12.9. The molecule has 0 aliphatic carbocycles. The summed E-state index contributed by atoms with van der Waals surface area (Å²) in [5.74, 6) is -0.341. The van der Waals surface area contributed by atoms with Crippen LogP contribution in [0.2, 0.25) is 0 Å². The van der Waals surface area contributed by atoms with E-state index >= 15 is 0 Å². The van der Waals surface area contributed by atoms with Gasteiger partial charge in [0, 0.05) is 5.69 Å². The molecule has 20 heavy (non-hydrogen) atoms. The van der Waals surface area contributed by atoms with Crippen LogP contribution in [0.1, 0.15) is 36.2 Å². The third-order valence-electron chi connectivity index (χ3n) is 3.21. The van der Waals surface area contributed by atoms with E-state index in [-0.39, 0.29) is 11.9 Å². The standard InChI is InChI=1S/C16H16FN3/c1-3-14(15-7-6-13(17)10-19-15)20-16-8-12(9-18)5-4-11(16)2/h4-8,10,14,20H,3H2,1-2H3. The van der Waals surface area contributed by atoms with Crippen LogP contribution in [0.15, 0.2) is 36.5 Å². The lowest BCUT2D eigenvalue weighted by molar-refractivity contribution is 0.614. The quantitative estimate of drug-likeness (QED) is 0.913. The summed E-state index contributed by atoms with van der Waals surface area (Å²) in [7, 11) is 0. The van der Waals surface area contributed by atoms with Crippen molar-refractivity contribution in [2.24, 2.45) is 0 Å². The molecule has 2 rings (SSSR count). The number of nitrogens with zero attached hydrogens (tertiary/aromatic N) is 2. The number of benzene rings is 1. The largest absolute Gasteiger partial charge is 0.376 e. The van der Waals surface area contributed by atoms with Gasteiger partial charge in [-0.25, -0.2) is 4.39 Å². The average molecular weight is 269 g/mol. The summed E-state index contributed by atoms with van der Waals surface area (Å²) in [4.78, 5) is 4.12. The van der Waals surface area contributed by atoms with Crippen molar-refractivity contribution in [3.05, 3.63) is 59.2 Å². The molecule has 2 aromatic rings. The van der Waals surface area contributed by atoms with Crippen molar-refractivity contribution in [2.75, 3.05) is 5.32 Å². The lowest BCUT2D eigenvalue weighted by atomic mass is 10.1. The molecule has 0 aliphatic heterocycles. The van der Waals surface area contributed by atoms with E-state index < -0.39 is 0 Å². The van der Waals surface area contributed by atoms with Gasteiger partial charge in [0.25, 0.3) is 0 Å². The van der Waals surface area contributed by atoms with Gasteiger partial charge in [0.1, 0.15) is 5.82 Å². The van der Waals surface area contributed by atoms with Crippen LogP contribution in [0.25, 0.3) is 0 Å². The smallest absolute Gasteiger partial charge is 0.141 e. The second-order valence-corrected chi connectivity index (χ2v) is 4.65. The molecule has 0 radical (unpaired) electrons. The van der Waals surface area contributed by atoms with E-state index in [0.29, 0.717) is 5.56 Å². The molecule has 0 saturated carbocycles. The van der Waals surface area contributed by atoms with Gasteiger partial charge in [-0.2, -0.15) is 5.26 Å². The minimum atomic E-state index is -0.341. The molecule has 0 fully saturated rings. The monoisotopic (exact) mass is 269 g/mol. The van der Waals surface area contributed by atoms with Gasteiger partial charge in [0.15, 0.2) is 0 Å². The van der Waals surface area contributed by atoms with Crippen molar-refractivity contribution in [3.8, 4) is 6.07 Å². The highest BCUT2D eigenvalue weighted by Gasteiger charge is 2.12. The van der Waals surface area contributed by atoms with Crippen LogP contribution in [0.5, 0.6) is 0 Å². The Kier molecular flexibility index (Phi) is 4.31. The second-order valence-electron chi connectivity index (χ2n) is 4.65. The highest BCUT2D eigenvalue weighted by atomic mass is 19.1. The summed E-state index contributed by atoms with van der Waals surface area (Å²) < 4.78 is 12.9. The number of halogens is 1. The number of aryl methyl sites for hydroxylation is 1. The number of aromatic nitrogens is 1. The zero-order valence-electron chi connectivity index (χ0n) is 11.5. The van der Waals surface area contributed by atoms with Crippen LogP contribution in [0, 0.1) is 24.1 Å². The molecule has 1 N–H and O–H groups in total. The Morgan fingerprint density at radius 2 is 2.15 bits per heavy atom. The molecule has 4 heteroatoms. The molecule has 1 unspecified atom stereocenters. The predicted molar refractivity (Wildman–Crippen MR) is 76.7 cm³/mol. The molecule has 1 heterocycles. The molecule has 102 valence electrons. The van der Waals surface area contributed by atoms with E-state index in [1.807, 2.05) is 26.0 Å². The molecule has 3 nitrogen and oxygen atoms in total. The Hall–Kier alpha value is -2.41. The molecule has 1 aromatic carbocycles. The third kappa shape index (κ3) is 3.12. The zero-order valence-corrected chi connectivity index (χ0v) is 11.5. The number of hydrogen-bond donors (Lipinski definition) is 1. The Bertz CT molecular complexity index is 629. The normalized spacial score (nSPS) is 11.7. The van der Waals surface area contributed by atoms with E-state index in [4.69, 9.17) is 5.26 Å². The van der Waals surface area contributed by atoms with Gasteiger partial charge >= 0.3 is 0 Å². The number of nitriles is 1. The maximum Gasteiger partial charge on any atom is 0.141 e. The molecule has 1 aromatic heterocycles. The number of anilines is 1. The van der Waals surface area contributed by atoms with Crippen LogP contribution in [0.4, 0.5) is 10.1 Å². The summed E-state index contributed by atoms with van der Waals surface area (Å²) >= 11 is 0. The molecule has 0 bridgehead atoms. The minimum absolute atomic E-state index is 0.0109. The maximum atomic E-state index is 12.9. The van der Waals surface area contributed by atoms with Crippen LogP contribution in [-0.4, -0.2) is 4.98 Å². The van der Waals surface area contributed by atoms with E-state index in [2.05, 4.69) is 16.4 Å². The van der Waals surface area contributed by atoms with Crippen molar-refractivity contribution in [1.29, 1.82) is 5.26 Å². The lowest BCUT2D eigenvalue weighted by Gasteiger charge is -2.19. The van der Waals surface area contributed by atoms with Crippen LogP contribution >= 0.6 is 0 Å². The highest BCUT2D eigenvalue weighted by molar-refractivity contribution is 5.56. The predicted octanol–water partition coefficient (Wildman–Crippen LogP) is 3.96. The fourth-order valence-electron chi connectivity index (χ4n) is 2.01. The van der Waals surface area contributed by atoms with Gasteiger partial charge in [-0.3, -0.25) is 4.98 Å². The Labute approximate surface area is 118 Å². The van der Waals surface area contributed by atoms with Gasteiger partial charge in [-0.1, -0.05) is 13.0 Å². The summed E-state index contributed by atoms with van der Waals surface area (Å²) in [5.41, 5.74) is 3.36. The topological polar surface area (TPSA) is 48.7 Å². The fourth-order valence-corrected chi connectivity index (χ4v) is 2.01. The Morgan fingerprint density at radius 1 is 1.35 bits per heavy atom. The number of pyridine rings is 1. The molecule has 0 saturated heterocycles. The Balaban J connectivity index is 2.26. The fraction of sp³-hybridized carbons (Fsp3) is 0.250. The summed E-state index contributed by atoms with van der Waals surface area (Å²) in [6, 6.07) is 10.7. The van der Waals surface area contributed by atoms with E-state index in [1.54, 1.807) is 12.1 Å². The van der Waals surface area contributed by atoms with Gasteiger partial charge in [-0.15, -0.1) is 0 Å². The SMILES string of the molecule is CCC(Nc1cc(C#N)ccc1C)c1ccc(F)cn1. The number of nitrogens with one attached hydrogen (secondary N) is 1. The van der Waals surface area contributed by atoms with Crippen LogP contribution in [0.3, 0.4) is 0 Å². The third-order valence-corrected chi connectivity index (χ3v) is 3.21.